The monoisotopic (exact) mass is 500 g/mol. The Morgan fingerprint density at radius 1 is 0.912 bits per heavy atom. The minimum absolute atomic E-state index is 0.0883. The molecule has 0 aromatic heterocycles. The minimum Gasteiger partial charge on any atom is -0.375 e. The normalized spacial score (nSPS) is 12.6. The molecule has 0 fully saturated rings. The van der Waals surface area contributed by atoms with E-state index in [0.29, 0.717) is 11.1 Å². The van der Waals surface area contributed by atoms with Gasteiger partial charge >= 0.3 is 15.6 Å². The highest BCUT2D eigenvalue weighted by Crippen LogP contribution is 2.35. The van der Waals surface area contributed by atoms with Crippen LogP contribution in [0.3, 0.4) is 0 Å². The maximum atomic E-state index is 13.0. The summed E-state index contributed by atoms with van der Waals surface area (Å²) in [5.74, 6) is -0.470. The average Bonchev–Trinajstić information content (AvgIpc) is 2.85. The smallest absolute Gasteiger partial charge is 0.375 e. The lowest BCUT2D eigenvalue weighted by atomic mass is 9.96. The topological polar surface area (TPSA) is 43.4 Å². The highest BCUT2D eigenvalue weighted by atomic mass is 32.2. The Bertz CT molecular complexity index is 935. The van der Waals surface area contributed by atoms with Crippen LogP contribution < -0.4 is 0 Å². The van der Waals surface area contributed by atoms with E-state index >= 15 is 0 Å². The van der Waals surface area contributed by atoms with Crippen LogP contribution in [0.2, 0.25) is 0 Å². The van der Waals surface area contributed by atoms with Gasteiger partial charge < -0.3 is 4.18 Å². The molecule has 192 valence electrons. The number of halogens is 3. The predicted octanol–water partition coefficient (Wildman–Crippen LogP) is 9.16. The van der Waals surface area contributed by atoms with Gasteiger partial charge in [0, 0.05) is 11.1 Å². The standard InChI is InChI=1S/C21H21F3O3S.3C2H6/c1-5-9-13-16(6-2)18(7-3)20(27-28(25,26)21(22,23)24)19(8-4)17-14-11-10-12-15-17;3*1-2/h5-15H,1,3H2,2,4H3;3*1-2H3/b13-9-,16-6+,19-8-,20-18-;;;. The summed E-state index contributed by atoms with van der Waals surface area (Å²) in [4.78, 5) is 0. The summed E-state index contributed by atoms with van der Waals surface area (Å²) in [5.41, 5.74) is -4.41. The molecule has 0 spiro atoms. The van der Waals surface area contributed by atoms with Gasteiger partial charge in [0.25, 0.3) is 0 Å². The molecule has 0 N–H and O–H groups in total. The molecule has 0 saturated heterocycles. The number of hydrogen-bond donors (Lipinski definition) is 0. The van der Waals surface area contributed by atoms with Gasteiger partial charge in [0.1, 0.15) is 0 Å². The van der Waals surface area contributed by atoms with Crippen LogP contribution in [0, 0.1) is 0 Å². The molecule has 0 bridgehead atoms. The van der Waals surface area contributed by atoms with Crippen molar-refractivity contribution in [3.05, 3.63) is 102 Å². The van der Waals surface area contributed by atoms with Gasteiger partial charge in [-0.25, -0.2) is 0 Å². The van der Waals surface area contributed by atoms with Crippen LogP contribution in [0.4, 0.5) is 13.2 Å². The zero-order chi connectivity index (χ0) is 27.4. The molecule has 1 aromatic rings. The summed E-state index contributed by atoms with van der Waals surface area (Å²) in [6.07, 6.45) is 8.92. The number of benzene rings is 1. The molecule has 0 aliphatic heterocycles. The average molecular weight is 501 g/mol. The predicted molar refractivity (Wildman–Crippen MR) is 141 cm³/mol. The van der Waals surface area contributed by atoms with E-state index in [2.05, 4.69) is 17.3 Å². The Balaban J connectivity index is -0.00000148. The molecule has 1 rings (SSSR count). The fourth-order valence-electron chi connectivity index (χ4n) is 2.29. The van der Waals surface area contributed by atoms with Crippen molar-refractivity contribution in [2.24, 2.45) is 0 Å². The maximum Gasteiger partial charge on any atom is 0.534 e. The van der Waals surface area contributed by atoms with Crippen LogP contribution in [0.25, 0.3) is 5.57 Å². The molecule has 0 unspecified atom stereocenters. The van der Waals surface area contributed by atoms with Crippen LogP contribution in [0.5, 0.6) is 0 Å². The van der Waals surface area contributed by atoms with Crippen molar-refractivity contribution in [2.45, 2.75) is 60.9 Å². The van der Waals surface area contributed by atoms with E-state index in [1.807, 2.05) is 41.5 Å². The number of allylic oxidation sites excluding steroid dienone is 9. The molecule has 1 aromatic carbocycles. The molecule has 0 atom stereocenters. The first-order valence-corrected chi connectivity index (χ1v) is 12.6. The molecule has 7 heteroatoms. The van der Waals surface area contributed by atoms with Gasteiger partial charge in [-0.2, -0.15) is 21.6 Å². The first-order chi connectivity index (χ1) is 16.1. The van der Waals surface area contributed by atoms with E-state index < -0.39 is 21.4 Å². The Labute approximate surface area is 204 Å². The Kier molecular flexibility index (Phi) is 20.7. The third-order valence-electron chi connectivity index (χ3n) is 3.58. The van der Waals surface area contributed by atoms with Crippen LogP contribution in [0.15, 0.2) is 96.9 Å². The number of rotatable bonds is 8. The second-order valence-corrected chi connectivity index (χ2v) is 6.88. The molecular formula is C27H39F3O3S. The van der Waals surface area contributed by atoms with E-state index in [9.17, 15) is 21.6 Å². The minimum atomic E-state index is -5.90. The van der Waals surface area contributed by atoms with Crippen molar-refractivity contribution in [1.29, 1.82) is 0 Å². The van der Waals surface area contributed by atoms with Crippen molar-refractivity contribution >= 4 is 15.7 Å². The lowest BCUT2D eigenvalue weighted by molar-refractivity contribution is -0.0519. The summed E-state index contributed by atoms with van der Waals surface area (Å²) >= 11 is 0. The third kappa shape index (κ3) is 11.4. The lowest BCUT2D eigenvalue weighted by Gasteiger charge is -2.19. The Morgan fingerprint density at radius 3 is 1.76 bits per heavy atom. The van der Waals surface area contributed by atoms with Crippen molar-refractivity contribution in [1.82, 2.24) is 0 Å². The zero-order valence-electron chi connectivity index (χ0n) is 21.5. The quantitative estimate of drug-likeness (QED) is 0.155. The van der Waals surface area contributed by atoms with Gasteiger partial charge in [0.05, 0.1) is 0 Å². The molecule has 0 aliphatic carbocycles. The molecule has 0 radical (unpaired) electrons. The highest BCUT2D eigenvalue weighted by molar-refractivity contribution is 7.87. The van der Waals surface area contributed by atoms with Crippen LogP contribution in [-0.2, 0) is 14.3 Å². The second kappa shape index (κ2) is 19.6. The summed E-state index contributed by atoms with van der Waals surface area (Å²) in [7, 11) is -5.90. The van der Waals surface area contributed by atoms with E-state index in [4.69, 9.17) is 0 Å². The molecule has 34 heavy (non-hydrogen) atoms. The molecule has 0 heterocycles. The molecular weight excluding hydrogens is 461 g/mol. The van der Waals surface area contributed by atoms with E-state index in [1.54, 1.807) is 62.4 Å². The largest absolute Gasteiger partial charge is 0.534 e. The van der Waals surface area contributed by atoms with E-state index in [-0.39, 0.29) is 11.1 Å². The zero-order valence-corrected chi connectivity index (χ0v) is 22.3. The van der Waals surface area contributed by atoms with Gasteiger partial charge in [-0.1, -0.05) is 121 Å². The third-order valence-corrected chi connectivity index (χ3v) is 4.53. The van der Waals surface area contributed by atoms with Crippen molar-refractivity contribution in [2.75, 3.05) is 0 Å². The fraction of sp³-hybridized carbons (Fsp3) is 0.333. The Hall–Kier alpha value is -2.80. The number of hydrogen-bond acceptors (Lipinski definition) is 3. The van der Waals surface area contributed by atoms with Gasteiger partial charge in [0.2, 0.25) is 0 Å². The first kappa shape index (κ1) is 35.8. The lowest BCUT2D eigenvalue weighted by Crippen LogP contribution is -2.26. The van der Waals surface area contributed by atoms with Crippen molar-refractivity contribution in [3.8, 4) is 0 Å². The Morgan fingerprint density at radius 2 is 1.41 bits per heavy atom. The van der Waals surface area contributed by atoms with E-state index in [0.717, 1.165) is 0 Å². The summed E-state index contributed by atoms with van der Waals surface area (Å²) in [6.45, 7) is 22.4. The van der Waals surface area contributed by atoms with Crippen molar-refractivity contribution in [3.63, 3.8) is 0 Å². The molecule has 0 saturated carbocycles. The van der Waals surface area contributed by atoms with E-state index in [1.165, 1.54) is 18.2 Å². The van der Waals surface area contributed by atoms with Gasteiger partial charge in [-0.3, -0.25) is 0 Å². The molecule has 0 amide bonds. The van der Waals surface area contributed by atoms with Crippen LogP contribution in [0.1, 0.15) is 61.0 Å². The van der Waals surface area contributed by atoms with Crippen LogP contribution >= 0.6 is 0 Å². The van der Waals surface area contributed by atoms with Gasteiger partial charge in [-0.15, -0.1) is 0 Å². The van der Waals surface area contributed by atoms with Crippen LogP contribution in [-0.4, -0.2) is 13.9 Å². The van der Waals surface area contributed by atoms with Gasteiger partial charge in [-0.05, 0) is 25.0 Å². The van der Waals surface area contributed by atoms with Crippen molar-refractivity contribution < 1.29 is 25.8 Å². The maximum absolute atomic E-state index is 13.0. The number of alkyl halides is 3. The first-order valence-electron chi connectivity index (χ1n) is 11.2. The fourth-order valence-corrected chi connectivity index (χ4v) is 2.79. The van der Waals surface area contributed by atoms with Gasteiger partial charge in [0.15, 0.2) is 5.76 Å². The molecule has 3 nitrogen and oxygen atoms in total. The summed E-state index contributed by atoms with van der Waals surface area (Å²) in [6, 6.07) is 8.35. The molecule has 0 aliphatic rings. The summed E-state index contributed by atoms with van der Waals surface area (Å²) < 4.78 is 67.1. The SMILES string of the molecule is C=C\C=C/C(=C\C)C(/C=C)=C(OS(=O)(=O)C(F)(F)F)/C(=C\C)c1ccccc1.CC.CC.CC. The summed E-state index contributed by atoms with van der Waals surface area (Å²) in [5, 5.41) is 0. The second-order valence-electron chi connectivity index (χ2n) is 5.34. The highest BCUT2D eigenvalue weighted by Gasteiger charge is 2.49.